The van der Waals surface area contributed by atoms with E-state index < -0.39 is 0 Å². The first kappa shape index (κ1) is 21.2. The van der Waals surface area contributed by atoms with E-state index in [0.717, 1.165) is 51.1 Å². The van der Waals surface area contributed by atoms with Crippen LogP contribution in [0.1, 0.15) is 64.8 Å². The SMILES string of the molecule is CCNC(=NCCCN(C)C1CCCCC1)N1CCC(C)C(n2ccnc2)C1. The molecule has 0 amide bonds. The lowest BCUT2D eigenvalue weighted by Crippen LogP contribution is -2.49. The largest absolute Gasteiger partial charge is 0.357 e. The summed E-state index contributed by atoms with van der Waals surface area (Å²) in [6, 6.07) is 1.27. The molecule has 0 aromatic carbocycles. The third-order valence-corrected chi connectivity index (χ3v) is 6.59. The van der Waals surface area contributed by atoms with Gasteiger partial charge in [0.25, 0.3) is 0 Å². The van der Waals surface area contributed by atoms with Crippen LogP contribution in [0.5, 0.6) is 0 Å². The molecule has 1 aromatic heterocycles. The van der Waals surface area contributed by atoms with Crippen molar-refractivity contribution in [2.24, 2.45) is 10.9 Å². The quantitative estimate of drug-likeness (QED) is 0.442. The highest BCUT2D eigenvalue weighted by molar-refractivity contribution is 5.80. The summed E-state index contributed by atoms with van der Waals surface area (Å²) >= 11 is 0. The molecule has 1 saturated heterocycles. The topological polar surface area (TPSA) is 48.7 Å². The van der Waals surface area contributed by atoms with Crippen LogP contribution in [0.3, 0.4) is 0 Å². The van der Waals surface area contributed by atoms with Crippen molar-refractivity contribution in [1.82, 2.24) is 24.7 Å². The summed E-state index contributed by atoms with van der Waals surface area (Å²) in [6.07, 6.45) is 15.3. The molecule has 2 aliphatic rings. The van der Waals surface area contributed by atoms with Crippen molar-refractivity contribution < 1.29 is 0 Å². The zero-order valence-electron chi connectivity index (χ0n) is 18.2. The minimum absolute atomic E-state index is 0.470. The van der Waals surface area contributed by atoms with Crippen LogP contribution < -0.4 is 5.32 Å². The van der Waals surface area contributed by atoms with E-state index >= 15 is 0 Å². The van der Waals surface area contributed by atoms with Gasteiger partial charge in [-0.05, 0) is 52.1 Å². The minimum Gasteiger partial charge on any atom is -0.357 e. The number of imidazole rings is 1. The van der Waals surface area contributed by atoms with Crippen molar-refractivity contribution in [3.8, 4) is 0 Å². The van der Waals surface area contributed by atoms with Crippen molar-refractivity contribution in [2.45, 2.75) is 70.9 Å². The molecule has 0 spiro atoms. The predicted molar refractivity (Wildman–Crippen MR) is 117 cm³/mol. The van der Waals surface area contributed by atoms with Gasteiger partial charge in [-0.25, -0.2) is 4.98 Å². The lowest BCUT2D eigenvalue weighted by molar-refractivity contribution is 0.187. The molecule has 2 fully saturated rings. The molecule has 158 valence electrons. The third kappa shape index (κ3) is 5.72. The van der Waals surface area contributed by atoms with Crippen molar-refractivity contribution >= 4 is 5.96 Å². The number of aromatic nitrogens is 2. The summed E-state index contributed by atoms with van der Waals surface area (Å²) in [7, 11) is 2.30. The minimum atomic E-state index is 0.470. The zero-order chi connectivity index (χ0) is 19.8. The average Bonchev–Trinajstić information content (AvgIpc) is 3.26. The fourth-order valence-corrected chi connectivity index (χ4v) is 4.73. The first-order valence-electron chi connectivity index (χ1n) is 11.4. The number of guanidine groups is 1. The summed E-state index contributed by atoms with van der Waals surface area (Å²) in [6.45, 7) is 9.58. The summed E-state index contributed by atoms with van der Waals surface area (Å²) in [5, 5.41) is 3.52. The standard InChI is InChI=1S/C22H40N6/c1-4-24-22(25-12-8-14-26(3)20-9-6-5-7-10-20)27-15-11-19(2)21(17-27)28-16-13-23-18-28/h13,16,18-21H,4-12,14-15,17H2,1-3H3,(H,24,25). The maximum Gasteiger partial charge on any atom is 0.193 e. The van der Waals surface area contributed by atoms with E-state index in [1.165, 1.54) is 38.5 Å². The van der Waals surface area contributed by atoms with Crippen LogP contribution in [0.15, 0.2) is 23.7 Å². The number of hydrogen-bond acceptors (Lipinski definition) is 3. The maximum atomic E-state index is 4.97. The zero-order valence-corrected chi connectivity index (χ0v) is 18.2. The number of hydrogen-bond donors (Lipinski definition) is 1. The Morgan fingerprint density at radius 2 is 2.07 bits per heavy atom. The van der Waals surface area contributed by atoms with Gasteiger partial charge in [0, 0.05) is 44.6 Å². The van der Waals surface area contributed by atoms with E-state index in [1.807, 2.05) is 12.5 Å². The highest BCUT2D eigenvalue weighted by atomic mass is 15.3. The van der Waals surface area contributed by atoms with Gasteiger partial charge in [-0.3, -0.25) is 4.99 Å². The molecule has 0 radical (unpaired) electrons. The van der Waals surface area contributed by atoms with E-state index in [0.29, 0.717) is 12.0 Å². The van der Waals surface area contributed by atoms with Crippen molar-refractivity contribution in [3.63, 3.8) is 0 Å². The Hall–Kier alpha value is -1.56. The van der Waals surface area contributed by atoms with Crippen LogP contribution in [0.25, 0.3) is 0 Å². The molecular weight excluding hydrogens is 348 g/mol. The molecule has 6 heteroatoms. The highest BCUT2D eigenvalue weighted by Gasteiger charge is 2.28. The van der Waals surface area contributed by atoms with Crippen molar-refractivity contribution in [1.29, 1.82) is 0 Å². The molecule has 2 atom stereocenters. The number of aliphatic imine (C=N–C) groups is 1. The van der Waals surface area contributed by atoms with Crippen molar-refractivity contribution in [2.75, 3.05) is 39.8 Å². The normalized spacial score (nSPS) is 24.7. The van der Waals surface area contributed by atoms with Crippen LogP contribution in [0.2, 0.25) is 0 Å². The molecule has 1 aliphatic carbocycles. The second-order valence-electron chi connectivity index (χ2n) is 8.65. The van der Waals surface area contributed by atoms with Crippen LogP contribution in [-0.2, 0) is 0 Å². The third-order valence-electron chi connectivity index (χ3n) is 6.59. The summed E-state index contributed by atoms with van der Waals surface area (Å²) in [4.78, 5) is 14.2. The Labute approximate surface area is 171 Å². The molecular formula is C22H40N6. The fourth-order valence-electron chi connectivity index (χ4n) is 4.73. The van der Waals surface area contributed by atoms with E-state index in [2.05, 4.69) is 51.8 Å². The lowest BCUT2D eigenvalue weighted by atomic mass is 9.93. The average molecular weight is 389 g/mol. The van der Waals surface area contributed by atoms with E-state index in [4.69, 9.17) is 4.99 Å². The first-order valence-corrected chi connectivity index (χ1v) is 11.4. The van der Waals surface area contributed by atoms with Crippen LogP contribution in [0.4, 0.5) is 0 Å². The van der Waals surface area contributed by atoms with Gasteiger partial charge < -0.3 is 19.7 Å². The molecule has 2 heterocycles. The number of likely N-dealkylation sites (tertiary alicyclic amines) is 1. The molecule has 6 nitrogen and oxygen atoms in total. The number of nitrogens with zero attached hydrogens (tertiary/aromatic N) is 5. The lowest BCUT2D eigenvalue weighted by Gasteiger charge is -2.39. The first-order chi connectivity index (χ1) is 13.7. The molecule has 28 heavy (non-hydrogen) atoms. The molecule has 1 aromatic rings. The second kappa shape index (κ2) is 10.8. The maximum absolute atomic E-state index is 4.97. The number of piperidine rings is 1. The Morgan fingerprint density at radius 3 is 2.79 bits per heavy atom. The summed E-state index contributed by atoms with van der Waals surface area (Å²) in [5.74, 6) is 1.75. The summed E-state index contributed by atoms with van der Waals surface area (Å²) < 4.78 is 2.26. The molecule has 2 unspecified atom stereocenters. The van der Waals surface area contributed by atoms with Crippen LogP contribution in [0, 0.1) is 5.92 Å². The van der Waals surface area contributed by atoms with Gasteiger partial charge in [-0.15, -0.1) is 0 Å². The van der Waals surface area contributed by atoms with Crippen molar-refractivity contribution in [3.05, 3.63) is 18.7 Å². The molecule has 1 aliphatic heterocycles. The molecule has 1 saturated carbocycles. The predicted octanol–water partition coefficient (Wildman–Crippen LogP) is 3.39. The Bertz CT molecular complexity index is 578. The van der Waals surface area contributed by atoms with Gasteiger partial charge in [0.1, 0.15) is 0 Å². The van der Waals surface area contributed by atoms with Gasteiger partial charge in [-0.1, -0.05) is 26.2 Å². The van der Waals surface area contributed by atoms with E-state index in [-0.39, 0.29) is 0 Å². The monoisotopic (exact) mass is 388 g/mol. The van der Waals surface area contributed by atoms with Gasteiger partial charge in [0.05, 0.1) is 12.4 Å². The molecule has 0 bridgehead atoms. The molecule has 1 N–H and O–H groups in total. The number of nitrogens with one attached hydrogen (secondary N) is 1. The smallest absolute Gasteiger partial charge is 0.193 e. The van der Waals surface area contributed by atoms with E-state index in [1.54, 1.807) is 0 Å². The molecule has 3 rings (SSSR count). The Balaban J connectivity index is 1.51. The Morgan fingerprint density at radius 1 is 1.25 bits per heavy atom. The van der Waals surface area contributed by atoms with Gasteiger partial charge in [0.15, 0.2) is 5.96 Å². The fraction of sp³-hybridized carbons (Fsp3) is 0.818. The number of rotatable bonds is 7. The second-order valence-corrected chi connectivity index (χ2v) is 8.65. The van der Waals surface area contributed by atoms with Gasteiger partial charge in [-0.2, -0.15) is 0 Å². The summed E-state index contributed by atoms with van der Waals surface area (Å²) in [5.41, 5.74) is 0. The van der Waals surface area contributed by atoms with E-state index in [9.17, 15) is 0 Å². The van der Waals surface area contributed by atoms with Crippen LogP contribution in [-0.4, -0.2) is 71.1 Å². The Kier molecular flexibility index (Phi) is 8.19. The van der Waals surface area contributed by atoms with Gasteiger partial charge >= 0.3 is 0 Å². The van der Waals surface area contributed by atoms with Gasteiger partial charge in [0.2, 0.25) is 0 Å². The van der Waals surface area contributed by atoms with Crippen LogP contribution >= 0.6 is 0 Å². The highest BCUT2D eigenvalue weighted by Crippen LogP contribution is 2.27.